The highest BCUT2D eigenvalue weighted by molar-refractivity contribution is 5.90. The van der Waals surface area contributed by atoms with Crippen LogP contribution in [0.15, 0.2) is 18.2 Å². The van der Waals surface area contributed by atoms with Crippen LogP contribution in [0.2, 0.25) is 0 Å². The molecule has 0 aromatic heterocycles. The fourth-order valence-corrected chi connectivity index (χ4v) is 2.78. The van der Waals surface area contributed by atoms with Gasteiger partial charge in [-0.3, -0.25) is 0 Å². The molecule has 1 aromatic rings. The Hall–Kier alpha value is -1.55. The highest BCUT2D eigenvalue weighted by Gasteiger charge is 2.22. The number of esters is 1. The monoisotopic (exact) mass is 291 g/mol. The molecule has 2 unspecified atom stereocenters. The zero-order valence-corrected chi connectivity index (χ0v) is 13.1. The number of methoxy groups -OCH3 is 1. The lowest BCUT2D eigenvalue weighted by Gasteiger charge is -2.31. The summed E-state index contributed by atoms with van der Waals surface area (Å²) in [7, 11) is 1.41. The third-order valence-corrected chi connectivity index (χ3v) is 4.00. The molecular weight excluding hydrogens is 266 g/mol. The Morgan fingerprint density at radius 1 is 1.48 bits per heavy atom. The summed E-state index contributed by atoms with van der Waals surface area (Å²) in [6.45, 7) is 5.04. The SMILES string of the molecule is CCCC1CC(Nc2cc(C(=O)OC)ccc2C)CCO1. The fourth-order valence-electron chi connectivity index (χ4n) is 2.78. The quantitative estimate of drug-likeness (QED) is 0.843. The van der Waals surface area contributed by atoms with E-state index < -0.39 is 0 Å². The molecule has 0 bridgehead atoms. The van der Waals surface area contributed by atoms with Gasteiger partial charge in [-0.2, -0.15) is 0 Å². The van der Waals surface area contributed by atoms with Crippen LogP contribution in [0.1, 0.15) is 48.5 Å². The molecule has 1 aliphatic heterocycles. The Bertz CT molecular complexity index is 485. The Morgan fingerprint density at radius 2 is 2.29 bits per heavy atom. The average molecular weight is 291 g/mol. The highest BCUT2D eigenvalue weighted by atomic mass is 16.5. The van der Waals surface area contributed by atoms with Gasteiger partial charge in [0, 0.05) is 18.3 Å². The lowest BCUT2D eigenvalue weighted by atomic mass is 9.99. The number of benzene rings is 1. The zero-order valence-electron chi connectivity index (χ0n) is 13.1. The second-order valence-corrected chi connectivity index (χ2v) is 5.67. The van der Waals surface area contributed by atoms with Crippen LogP contribution in [-0.2, 0) is 9.47 Å². The lowest BCUT2D eigenvalue weighted by Crippen LogP contribution is -2.34. The number of nitrogens with one attached hydrogen (secondary N) is 1. The molecule has 2 atom stereocenters. The van der Waals surface area contributed by atoms with Crippen LogP contribution in [0.3, 0.4) is 0 Å². The van der Waals surface area contributed by atoms with E-state index in [-0.39, 0.29) is 5.97 Å². The van der Waals surface area contributed by atoms with E-state index in [1.165, 1.54) is 7.11 Å². The second kappa shape index (κ2) is 7.46. The molecule has 0 spiro atoms. The van der Waals surface area contributed by atoms with Crippen molar-refractivity contribution < 1.29 is 14.3 Å². The molecule has 4 heteroatoms. The maximum atomic E-state index is 11.6. The molecule has 1 saturated heterocycles. The van der Waals surface area contributed by atoms with Crippen LogP contribution >= 0.6 is 0 Å². The minimum absolute atomic E-state index is 0.297. The summed E-state index contributed by atoms with van der Waals surface area (Å²) >= 11 is 0. The van der Waals surface area contributed by atoms with Gasteiger partial charge in [0.25, 0.3) is 0 Å². The number of rotatable bonds is 5. The molecular formula is C17H25NO3. The minimum Gasteiger partial charge on any atom is -0.465 e. The van der Waals surface area contributed by atoms with Gasteiger partial charge in [0.05, 0.1) is 18.8 Å². The summed E-state index contributed by atoms with van der Waals surface area (Å²) in [5.74, 6) is -0.297. The molecule has 0 amide bonds. The second-order valence-electron chi connectivity index (χ2n) is 5.67. The van der Waals surface area contributed by atoms with Crippen molar-refractivity contribution in [3.8, 4) is 0 Å². The van der Waals surface area contributed by atoms with Crippen molar-refractivity contribution in [1.82, 2.24) is 0 Å². The van der Waals surface area contributed by atoms with Gasteiger partial charge in [-0.05, 0) is 43.9 Å². The minimum atomic E-state index is -0.297. The van der Waals surface area contributed by atoms with E-state index in [4.69, 9.17) is 9.47 Å². The van der Waals surface area contributed by atoms with Gasteiger partial charge in [-0.15, -0.1) is 0 Å². The predicted octanol–water partition coefficient (Wildman–Crippen LogP) is 3.54. The van der Waals surface area contributed by atoms with Gasteiger partial charge >= 0.3 is 5.97 Å². The van der Waals surface area contributed by atoms with Crippen molar-refractivity contribution in [2.24, 2.45) is 0 Å². The first-order valence-corrected chi connectivity index (χ1v) is 7.71. The average Bonchev–Trinajstić information content (AvgIpc) is 2.49. The van der Waals surface area contributed by atoms with E-state index >= 15 is 0 Å². The van der Waals surface area contributed by atoms with Gasteiger partial charge in [-0.1, -0.05) is 19.4 Å². The summed E-state index contributed by atoms with van der Waals surface area (Å²) in [6.07, 6.45) is 4.64. The highest BCUT2D eigenvalue weighted by Crippen LogP contribution is 2.24. The van der Waals surface area contributed by atoms with Crippen molar-refractivity contribution in [2.45, 2.75) is 51.7 Å². The van der Waals surface area contributed by atoms with E-state index in [1.54, 1.807) is 6.07 Å². The number of anilines is 1. The van der Waals surface area contributed by atoms with E-state index in [1.807, 2.05) is 19.1 Å². The smallest absolute Gasteiger partial charge is 0.337 e. The molecule has 0 saturated carbocycles. The van der Waals surface area contributed by atoms with Crippen molar-refractivity contribution in [1.29, 1.82) is 0 Å². The van der Waals surface area contributed by atoms with Crippen LogP contribution in [0.25, 0.3) is 0 Å². The van der Waals surface area contributed by atoms with E-state index in [2.05, 4.69) is 12.2 Å². The number of carbonyl (C=O) groups is 1. The number of hydrogen-bond donors (Lipinski definition) is 1. The third kappa shape index (κ3) is 4.21. The Labute approximate surface area is 126 Å². The molecule has 2 rings (SSSR count). The first kappa shape index (κ1) is 15.8. The number of aryl methyl sites for hydroxylation is 1. The number of ether oxygens (including phenoxy) is 2. The molecule has 1 aromatic carbocycles. The largest absolute Gasteiger partial charge is 0.465 e. The lowest BCUT2D eigenvalue weighted by molar-refractivity contribution is 0.00596. The van der Waals surface area contributed by atoms with Crippen LogP contribution in [0, 0.1) is 6.92 Å². The van der Waals surface area contributed by atoms with Gasteiger partial charge in [0.2, 0.25) is 0 Å². The molecule has 116 valence electrons. The molecule has 0 aliphatic carbocycles. The van der Waals surface area contributed by atoms with Crippen molar-refractivity contribution in [3.63, 3.8) is 0 Å². The Balaban J connectivity index is 2.06. The molecule has 1 aliphatic rings. The predicted molar refractivity (Wildman–Crippen MR) is 83.8 cm³/mol. The first-order valence-electron chi connectivity index (χ1n) is 7.71. The van der Waals surface area contributed by atoms with E-state index in [0.717, 1.165) is 43.5 Å². The van der Waals surface area contributed by atoms with Crippen LogP contribution in [0.4, 0.5) is 5.69 Å². The number of carbonyl (C=O) groups excluding carboxylic acids is 1. The maximum absolute atomic E-state index is 11.6. The topological polar surface area (TPSA) is 47.6 Å². The van der Waals surface area contributed by atoms with Gasteiger partial charge < -0.3 is 14.8 Å². The summed E-state index contributed by atoms with van der Waals surface area (Å²) < 4.78 is 10.6. The van der Waals surface area contributed by atoms with Gasteiger partial charge in [0.1, 0.15) is 0 Å². The summed E-state index contributed by atoms with van der Waals surface area (Å²) in [5, 5.41) is 3.57. The summed E-state index contributed by atoms with van der Waals surface area (Å²) in [5.41, 5.74) is 2.74. The zero-order chi connectivity index (χ0) is 15.2. The first-order chi connectivity index (χ1) is 10.1. The third-order valence-electron chi connectivity index (χ3n) is 4.00. The van der Waals surface area contributed by atoms with Crippen molar-refractivity contribution in [2.75, 3.05) is 19.0 Å². The standard InChI is InChI=1S/C17H25NO3/c1-4-5-15-11-14(8-9-21-15)18-16-10-13(17(19)20-3)7-6-12(16)2/h6-7,10,14-15,18H,4-5,8-9,11H2,1-3H3. The number of hydrogen-bond acceptors (Lipinski definition) is 4. The molecule has 4 nitrogen and oxygen atoms in total. The molecule has 0 radical (unpaired) electrons. The van der Waals surface area contributed by atoms with Crippen LogP contribution < -0.4 is 5.32 Å². The van der Waals surface area contributed by atoms with Gasteiger partial charge in [0.15, 0.2) is 0 Å². The molecule has 1 fully saturated rings. The summed E-state index contributed by atoms with van der Waals surface area (Å²) in [6, 6.07) is 6.04. The fraction of sp³-hybridized carbons (Fsp3) is 0.588. The molecule has 1 heterocycles. The molecule has 1 N–H and O–H groups in total. The Morgan fingerprint density at radius 3 is 3.00 bits per heavy atom. The van der Waals surface area contributed by atoms with Crippen molar-refractivity contribution in [3.05, 3.63) is 29.3 Å². The Kier molecular flexibility index (Phi) is 5.62. The van der Waals surface area contributed by atoms with Gasteiger partial charge in [-0.25, -0.2) is 4.79 Å². The summed E-state index contributed by atoms with van der Waals surface area (Å²) in [4.78, 5) is 11.6. The normalized spacial score (nSPS) is 21.9. The van der Waals surface area contributed by atoms with E-state index in [0.29, 0.717) is 17.7 Å². The maximum Gasteiger partial charge on any atom is 0.337 e. The van der Waals surface area contributed by atoms with E-state index in [9.17, 15) is 4.79 Å². The molecule has 21 heavy (non-hydrogen) atoms. The van der Waals surface area contributed by atoms with Crippen LogP contribution in [0.5, 0.6) is 0 Å². The van der Waals surface area contributed by atoms with Crippen molar-refractivity contribution >= 4 is 11.7 Å². The van der Waals surface area contributed by atoms with Crippen LogP contribution in [-0.4, -0.2) is 31.8 Å².